The summed E-state index contributed by atoms with van der Waals surface area (Å²) >= 11 is 2.68. The van der Waals surface area contributed by atoms with E-state index in [0.29, 0.717) is 73.1 Å². The van der Waals surface area contributed by atoms with Crippen molar-refractivity contribution in [3.63, 3.8) is 0 Å². The number of benzene rings is 4. The number of nitrogens with zero attached hydrogens (tertiary/aromatic N) is 5. The summed E-state index contributed by atoms with van der Waals surface area (Å²) in [4.78, 5) is 82.9. The Morgan fingerprint density at radius 2 is 1.57 bits per heavy atom. The highest BCUT2D eigenvalue weighted by molar-refractivity contribution is 7.14. The number of rotatable bonds is 25. The molecule has 2 aromatic heterocycles. The number of halogens is 1. The van der Waals surface area contributed by atoms with Crippen LogP contribution < -0.4 is 15.4 Å². The number of carbonyl (C=O) groups is 5. The van der Waals surface area contributed by atoms with Crippen LogP contribution in [-0.4, -0.2) is 149 Å². The Balaban J connectivity index is 0.683. The number of ether oxygens (including phenoxy) is 5. The average molecular weight is 1140 g/mol. The van der Waals surface area contributed by atoms with E-state index in [1.165, 1.54) is 38.7 Å². The van der Waals surface area contributed by atoms with Crippen LogP contribution >= 0.6 is 22.7 Å². The van der Waals surface area contributed by atoms with Crippen molar-refractivity contribution in [1.82, 2.24) is 30.0 Å². The Hall–Kier alpha value is -7.62. The fourth-order valence-electron chi connectivity index (χ4n) is 10.1. The number of likely N-dealkylation sites (tertiary alicyclic amines) is 1. The van der Waals surface area contributed by atoms with E-state index in [2.05, 4.69) is 32.4 Å². The second kappa shape index (κ2) is 27.2. The molecule has 1 fully saturated rings. The summed E-state index contributed by atoms with van der Waals surface area (Å²) in [7, 11) is 0. The minimum Gasteiger partial charge on any atom is -0.508 e. The molecular formula is C59H62FN7O12S2. The molecule has 424 valence electrons. The van der Waals surface area contributed by atoms with Gasteiger partial charge in [-0.2, -0.15) is 0 Å². The Bertz CT molecular complexity index is 3290. The summed E-state index contributed by atoms with van der Waals surface area (Å²) in [5.41, 5.74) is 6.96. The van der Waals surface area contributed by atoms with Crippen LogP contribution in [0.1, 0.15) is 80.5 Å². The number of hydrogen-bond donors (Lipinski definition) is 4. The first-order valence-electron chi connectivity index (χ1n) is 26.5. The van der Waals surface area contributed by atoms with Crippen LogP contribution in [0.25, 0.3) is 10.4 Å². The van der Waals surface area contributed by atoms with E-state index in [4.69, 9.17) is 23.7 Å². The number of phenols is 1. The van der Waals surface area contributed by atoms with Crippen molar-refractivity contribution in [2.45, 2.75) is 71.1 Å². The summed E-state index contributed by atoms with van der Waals surface area (Å²) in [5.74, 6) is 3.02. The first-order chi connectivity index (χ1) is 39.3. The first-order valence-corrected chi connectivity index (χ1v) is 28.3. The van der Waals surface area contributed by atoms with Gasteiger partial charge in [-0.15, -0.1) is 22.7 Å². The highest BCUT2D eigenvalue weighted by Gasteiger charge is 2.46. The van der Waals surface area contributed by atoms with E-state index in [-0.39, 0.29) is 86.7 Å². The average Bonchev–Trinajstić information content (AvgIpc) is 4.38. The minimum absolute atomic E-state index is 0.0216. The number of fused-ring (bicyclic) bond motifs is 2. The van der Waals surface area contributed by atoms with Gasteiger partial charge in [0.15, 0.2) is 5.13 Å². The predicted octanol–water partition coefficient (Wildman–Crippen LogP) is 6.51. The molecule has 0 unspecified atom stereocenters. The summed E-state index contributed by atoms with van der Waals surface area (Å²) in [5, 5.41) is 29.1. The molecule has 5 heterocycles. The zero-order valence-corrected chi connectivity index (χ0v) is 46.6. The molecule has 3 aliphatic rings. The Morgan fingerprint density at radius 3 is 2.28 bits per heavy atom. The third-order valence-corrected chi connectivity index (χ3v) is 15.6. The standard InChI is InChI=1S/C59H62FN7O12S2/c1-36(2)51(66-32-41-8-4-5-12-45(41)56(66)72)58(74)65-34-44(68)30-47(65)54(70)62-31-40-14-13-39(53-37(3)63-35-81-53)28-49(40)79-26-25-78-24-23-77-22-21-76-20-19-75-18-7-11-38-9-6-10-42-33-67(57(73)50(38)42)52(46-29-43(60)15-16-48(46)69)55(71)64-59-61-17-27-80-59/h4-6,8-10,12-17,27-29,35-36,44,47,51-52,68-69H,18-26,30-34H2,1-3H3,(H,62,70)(H,61,64,71)/t44-,47+,51+,52-/m1/s1. The van der Waals surface area contributed by atoms with Crippen molar-refractivity contribution in [2.75, 3.05) is 71.3 Å². The maximum absolute atomic E-state index is 14.4. The van der Waals surface area contributed by atoms with Crippen LogP contribution in [0.3, 0.4) is 0 Å². The number of thiazole rings is 2. The number of β-amino-alcohol motifs (C(OH)–C–C–N with tert-alkyl or cyclic N) is 1. The van der Waals surface area contributed by atoms with Gasteiger partial charge < -0.3 is 53.9 Å². The molecule has 81 heavy (non-hydrogen) atoms. The van der Waals surface area contributed by atoms with Crippen molar-refractivity contribution in [1.29, 1.82) is 0 Å². The second-order valence-electron chi connectivity index (χ2n) is 19.7. The van der Waals surface area contributed by atoms with E-state index < -0.39 is 47.8 Å². The van der Waals surface area contributed by atoms with Crippen molar-refractivity contribution in [2.24, 2.45) is 5.92 Å². The molecule has 6 aromatic rings. The molecule has 0 saturated carbocycles. The Morgan fingerprint density at radius 1 is 0.840 bits per heavy atom. The third kappa shape index (κ3) is 13.9. The Labute approximate surface area is 476 Å². The lowest BCUT2D eigenvalue weighted by molar-refractivity contribution is -0.143. The summed E-state index contributed by atoms with van der Waals surface area (Å²) in [6, 6.07) is 18.4. The fraction of sp³-hybridized carbons (Fsp3) is 0.373. The van der Waals surface area contributed by atoms with Gasteiger partial charge in [0.2, 0.25) is 11.8 Å². The first kappa shape index (κ1) is 58.0. The molecule has 9 rings (SSSR count). The van der Waals surface area contributed by atoms with E-state index >= 15 is 0 Å². The maximum atomic E-state index is 14.4. The lowest BCUT2D eigenvalue weighted by atomic mass is 10.0. The van der Waals surface area contributed by atoms with Crippen LogP contribution in [0, 0.1) is 30.5 Å². The predicted molar refractivity (Wildman–Crippen MR) is 299 cm³/mol. The van der Waals surface area contributed by atoms with Gasteiger partial charge in [0.05, 0.1) is 74.0 Å². The number of aromatic nitrogens is 2. The monoisotopic (exact) mass is 1140 g/mol. The number of aromatic hydroxyl groups is 1. The zero-order valence-electron chi connectivity index (χ0n) is 44.9. The van der Waals surface area contributed by atoms with E-state index in [1.54, 1.807) is 46.1 Å². The van der Waals surface area contributed by atoms with Gasteiger partial charge in [-0.25, -0.2) is 14.4 Å². The van der Waals surface area contributed by atoms with Crippen LogP contribution in [0.2, 0.25) is 0 Å². The molecule has 4 aromatic carbocycles. The molecule has 0 radical (unpaired) electrons. The van der Waals surface area contributed by atoms with Gasteiger partial charge in [0.1, 0.15) is 48.7 Å². The Kier molecular flexibility index (Phi) is 19.5. The van der Waals surface area contributed by atoms with Crippen LogP contribution in [0.5, 0.6) is 11.5 Å². The van der Waals surface area contributed by atoms with E-state index in [1.807, 2.05) is 51.1 Å². The summed E-state index contributed by atoms with van der Waals surface area (Å²) in [6.07, 6.45) is 0.675. The topological polar surface area (TPSA) is 232 Å². The van der Waals surface area contributed by atoms with Crippen LogP contribution in [0.15, 0.2) is 96.0 Å². The SMILES string of the molecule is Cc1ncsc1-c1ccc(CNC(=O)[C@@H]2C[C@@H](O)CN2C(=O)[C@H](C(C)C)N2Cc3ccccc3C2=O)c(OCCOCCOCCOCCOCC#Cc2cccc3c2C(=O)N([C@@H](C(=O)Nc2nccs2)c2cc(F)ccc2O)C3)c1. The van der Waals surface area contributed by atoms with Gasteiger partial charge >= 0.3 is 0 Å². The molecule has 0 spiro atoms. The van der Waals surface area contributed by atoms with Gasteiger partial charge in [0, 0.05) is 66.4 Å². The summed E-state index contributed by atoms with van der Waals surface area (Å²) < 4.78 is 43.4. The number of aryl methyl sites for hydroxylation is 1. The molecule has 22 heteroatoms. The highest BCUT2D eigenvalue weighted by atomic mass is 32.1. The number of carbonyl (C=O) groups excluding carboxylic acids is 5. The summed E-state index contributed by atoms with van der Waals surface area (Å²) in [6.45, 7) is 8.40. The van der Waals surface area contributed by atoms with Crippen LogP contribution in [-0.2, 0) is 53.0 Å². The zero-order chi connectivity index (χ0) is 57.0. The molecule has 19 nitrogen and oxygen atoms in total. The quantitative estimate of drug-likeness (QED) is 0.0354. The van der Waals surface area contributed by atoms with Crippen LogP contribution in [0.4, 0.5) is 9.52 Å². The van der Waals surface area contributed by atoms with E-state index in [9.17, 15) is 38.6 Å². The van der Waals surface area contributed by atoms with Crippen molar-refractivity contribution in [3.05, 3.63) is 146 Å². The molecule has 0 aliphatic carbocycles. The minimum atomic E-state index is -1.37. The third-order valence-electron chi connectivity index (χ3n) is 13.9. The molecule has 4 N–H and O–H groups in total. The largest absolute Gasteiger partial charge is 0.508 e. The molecular weight excluding hydrogens is 1080 g/mol. The van der Waals surface area contributed by atoms with Crippen molar-refractivity contribution in [3.8, 4) is 33.8 Å². The number of anilines is 1. The van der Waals surface area contributed by atoms with E-state index in [0.717, 1.165) is 39.9 Å². The smallest absolute Gasteiger partial charge is 0.256 e. The number of phenolic OH excluding ortho intramolecular Hbond substituents is 1. The number of amides is 5. The highest BCUT2D eigenvalue weighted by Crippen LogP contribution is 2.38. The van der Waals surface area contributed by atoms with Gasteiger partial charge in [-0.1, -0.05) is 68.2 Å². The second-order valence-corrected chi connectivity index (χ2v) is 21.5. The van der Waals surface area contributed by atoms with Crippen molar-refractivity contribution < 1.29 is 62.3 Å². The van der Waals surface area contributed by atoms with Gasteiger partial charge in [0.25, 0.3) is 17.7 Å². The van der Waals surface area contributed by atoms with Crippen molar-refractivity contribution >= 4 is 57.3 Å². The number of aliphatic hydroxyl groups is 1. The number of hydrogen-bond acceptors (Lipinski definition) is 16. The lowest BCUT2D eigenvalue weighted by Gasteiger charge is -2.35. The van der Waals surface area contributed by atoms with Gasteiger partial charge in [-0.3, -0.25) is 29.3 Å². The molecule has 1 saturated heterocycles. The number of nitrogens with one attached hydrogen (secondary N) is 2. The number of aliphatic hydroxyl groups excluding tert-OH is 1. The molecule has 0 bridgehead atoms. The maximum Gasteiger partial charge on any atom is 0.256 e. The molecule has 5 amide bonds. The molecule has 4 atom stereocenters. The molecule has 3 aliphatic heterocycles. The van der Waals surface area contributed by atoms with Gasteiger partial charge in [-0.05, 0) is 65.9 Å². The fourth-order valence-corrected chi connectivity index (χ4v) is 11.4. The lowest BCUT2D eigenvalue weighted by Crippen LogP contribution is -2.55. The normalized spacial score (nSPS) is 16.3.